The van der Waals surface area contributed by atoms with Crippen molar-refractivity contribution in [2.24, 2.45) is 5.92 Å². The molecule has 3 aromatic rings. The molecule has 9 nitrogen and oxygen atoms in total. The lowest BCUT2D eigenvalue weighted by Crippen LogP contribution is -2.65. The predicted molar refractivity (Wildman–Crippen MR) is 114 cm³/mol. The summed E-state index contributed by atoms with van der Waals surface area (Å²) in [5.41, 5.74) is 2.19. The van der Waals surface area contributed by atoms with Gasteiger partial charge in [-0.05, 0) is 38.8 Å². The summed E-state index contributed by atoms with van der Waals surface area (Å²) in [6.45, 7) is 4.28. The van der Waals surface area contributed by atoms with Crippen LogP contribution in [0.1, 0.15) is 29.9 Å². The van der Waals surface area contributed by atoms with Crippen LogP contribution in [0.2, 0.25) is 0 Å². The van der Waals surface area contributed by atoms with Gasteiger partial charge in [0.25, 0.3) is 5.56 Å². The van der Waals surface area contributed by atoms with Gasteiger partial charge in [0.2, 0.25) is 0 Å². The molecule has 0 radical (unpaired) electrons. The molecule has 0 aromatic carbocycles. The Hall–Kier alpha value is -3.28. The van der Waals surface area contributed by atoms with Gasteiger partial charge in [-0.1, -0.05) is 5.16 Å². The number of nitrogens with zero attached hydrogens (tertiary/aromatic N) is 6. The molecule has 2 saturated heterocycles. The molecule has 2 aliphatic rings. The Kier molecular flexibility index (Phi) is 5.42. The van der Waals surface area contributed by atoms with Crippen molar-refractivity contribution in [1.82, 2.24) is 25.1 Å². The highest BCUT2D eigenvalue weighted by atomic mass is 19.4. The smallest absolute Gasteiger partial charge is 0.371 e. The number of alkyl halides is 3. The lowest BCUT2D eigenvalue weighted by atomic mass is 9.82. The van der Waals surface area contributed by atoms with Crippen LogP contribution in [-0.4, -0.2) is 56.6 Å². The first kappa shape index (κ1) is 22.5. The van der Waals surface area contributed by atoms with Crippen molar-refractivity contribution in [3.8, 4) is 11.4 Å². The van der Waals surface area contributed by atoms with E-state index in [0.29, 0.717) is 47.9 Å². The van der Waals surface area contributed by atoms with Crippen molar-refractivity contribution in [2.45, 2.75) is 45.0 Å². The molecule has 0 saturated carbocycles. The van der Waals surface area contributed by atoms with E-state index in [-0.39, 0.29) is 25.1 Å². The van der Waals surface area contributed by atoms with Crippen LogP contribution >= 0.6 is 0 Å². The molecule has 180 valence electrons. The molecular weight excluding hydrogens is 453 g/mol. The molecule has 0 aliphatic carbocycles. The highest BCUT2D eigenvalue weighted by Gasteiger charge is 2.51. The number of rotatable bonds is 4. The Bertz CT molecular complexity index is 1240. The van der Waals surface area contributed by atoms with E-state index in [1.165, 1.54) is 10.7 Å². The van der Waals surface area contributed by atoms with Crippen molar-refractivity contribution in [3.05, 3.63) is 51.8 Å². The van der Waals surface area contributed by atoms with Crippen LogP contribution < -0.4 is 10.5 Å². The summed E-state index contributed by atoms with van der Waals surface area (Å²) in [5, 5.41) is 16.5. The minimum atomic E-state index is -4.23. The van der Waals surface area contributed by atoms with Gasteiger partial charge in [0, 0.05) is 24.7 Å². The van der Waals surface area contributed by atoms with E-state index in [4.69, 9.17) is 9.26 Å². The predicted octanol–water partition coefficient (Wildman–Crippen LogP) is 2.90. The fraction of sp³-hybridized carbons (Fsp3) is 0.500. The van der Waals surface area contributed by atoms with Gasteiger partial charge in [0.1, 0.15) is 22.7 Å². The fourth-order valence-corrected chi connectivity index (χ4v) is 4.38. The zero-order valence-corrected chi connectivity index (χ0v) is 18.7. The van der Waals surface area contributed by atoms with Crippen molar-refractivity contribution in [3.63, 3.8) is 0 Å². The molecule has 0 N–H and O–H groups in total. The third kappa shape index (κ3) is 4.17. The second kappa shape index (κ2) is 8.19. The Morgan fingerprint density at radius 2 is 2.00 bits per heavy atom. The van der Waals surface area contributed by atoms with E-state index in [2.05, 4.69) is 20.5 Å². The quantitative estimate of drug-likeness (QED) is 0.567. The molecular formula is C22H23F3N6O3. The Morgan fingerprint density at radius 3 is 2.62 bits per heavy atom. The molecule has 0 unspecified atom stereocenters. The lowest BCUT2D eigenvalue weighted by molar-refractivity contribution is -0.227. The maximum Gasteiger partial charge on any atom is 0.394 e. The van der Waals surface area contributed by atoms with Gasteiger partial charge in [0.15, 0.2) is 0 Å². The van der Waals surface area contributed by atoms with Gasteiger partial charge in [0.05, 0.1) is 36.6 Å². The molecule has 2 fully saturated rings. The first-order valence-corrected chi connectivity index (χ1v) is 10.9. The largest absolute Gasteiger partial charge is 0.394 e. The van der Waals surface area contributed by atoms with Crippen molar-refractivity contribution >= 4 is 5.69 Å². The summed E-state index contributed by atoms with van der Waals surface area (Å²) in [4.78, 5) is 14.7. The Morgan fingerprint density at radius 1 is 1.21 bits per heavy atom. The highest BCUT2D eigenvalue weighted by molar-refractivity contribution is 5.58. The fourth-order valence-electron chi connectivity index (χ4n) is 4.38. The maximum atomic E-state index is 12.9. The first-order chi connectivity index (χ1) is 16.1. The van der Waals surface area contributed by atoms with E-state index in [0.717, 1.165) is 5.69 Å². The van der Waals surface area contributed by atoms with Crippen LogP contribution in [0.4, 0.5) is 18.9 Å². The summed E-state index contributed by atoms with van der Waals surface area (Å²) >= 11 is 0. The standard InChI is InChI=1S/C22H23F3N6O3/c1-13-3-4-18(28-27-13)20-17(14(2)34-29-20)9-31-19(32)7-16(8-26-31)30-11-21(12-30)6-5-15(10-33-21)22(23,24)25/h3-4,7-8,15H,5-6,9-12H2,1-2H3/t15-/m0/s1. The summed E-state index contributed by atoms with van der Waals surface area (Å²) in [6.07, 6.45) is -2.25. The Balaban J connectivity index is 1.27. The molecule has 3 aromatic heterocycles. The number of hydrogen-bond acceptors (Lipinski definition) is 8. The SMILES string of the molecule is Cc1ccc(-c2noc(C)c2Cn2ncc(N3CC4(CC[C@H](C(F)(F)F)CO4)C3)cc2=O)nn1. The number of ether oxygens (including phenoxy) is 1. The first-order valence-electron chi connectivity index (χ1n) is 10.9. The molecule has 12 heteroatoms. The van der Waals surface area contributed by atoms with E-state index in [1.54, 1.807) is 19.2 Å². The van der Waals surface area contributed by atoms with Gasteiger partial charge >= 0.3 is 6.18 Å². The summed E-state index contributed by atoms with van der Waals surface area (Å²) in [6, 6.07) is 5.07. The zero-order valence-electron chi connectivity index (χ0n) is 18.7. The lowest BCUT2D eigenvalue weighted by Gasteiger charge is -2.53. The number of aromatic nitrogens is 5. The summed E-state index contributed by atoms with van der Waals surface area (Å²) in [5.74, 6) is -0.860. The normalized spacial score (nSPS) is 19.9. The highest BCUT2D eigenvalue weighted by Crippen LogP contribution is 2.42. The topological polar surface area (TPSA) is 99.2 Å². The average molecular weight is 476 g/mol. The van der Waals surface area contributed by atoms with Crippen LogP contribution in [0.25, 0.3) is 11.4 Å². The molecule has 1 spiro atoms. The molecule has 5 heterocycles. The maximum absolute atomic E-state index is 12.9. The van der Waals surface area contributed by atoms with Gasteiger partial charge in [-0.15, -0.1) is 5.10 Å². The average Bonchev–Trinajstić information content (AvgIpc) is 3.13. The summed E-state index contributed by atoms with van der Waals surface area (Å²) in [7, 11) is 0. The second-order valence-corrected chi connectivity index (χ2v) is 8.96. The minimum absolute atomic E-state index is 0.0585. The molecule has 0 bridgehead atoms. The van der Waals surface area contributed by atoms with Gasteiger partial charge in [-0.25, -0.2) is 4.68 Å². The Labute approximate surface area is 192 Å². The zero-order chi connectivity index (χ0) is 24.1. The molecule has 34 heavy (non-hydrogen) atoms. The minimum Gasteiger partial charge on any atom is -0.371 e. The number of aryl methyl sites for hydroxylation is 2. The van der Waals surface area contributed by atoms with E-state index in [9.17, 15) is 18.0 Å². The third-order valence-electron chi connectivity index (χ3n) is 6.51. The van der Waals surface area contributed by atoms with Crippen LogP contribution in [0.5, 0.6) is 0 Å². The van der Waals surface area contributed by atoms with Crippen LogP contribution in [0, 0.1) is 19.8 Å². The van der Waals surface area contributed by atoms with E-state index >= 15 is 0 Å². The van der Waals surface area contributed by atoms with E-state index in [1.807, 2.05) is 17.9 Å². The molecule has 5 rings (SSSR count). The van der Waals surface area contributed by atoms with Crippen molar-refractivity contribution in [1.29, 1.82) is 0 Å². The van der Waals surface area contributed by atoms with Crippen molar-refractivity contribution in [2.75, 3.05) is 24.6 Å². The summed E-state index contributed by atoms with van der Waals surface area (Å²) < 4.78 is 50.9. The second-order valence-electron chi connectivity index (χ2n) is 8.96. The van der Waals surface area contributed by atoms with Gasteiger partial charge in [-0.2, -0.15) is 23.4 Å². The molecule has 1 atom stereocenters. The van der Waals surface area contributed by atoms with Crippen LogP contribution in [0.3, 0.4) is 0 Å². The third-order valence-corrected chi connectivity index (χ3v) is 6.51. The van der Waals surface area contributed by atoms with Crippen LogP contribution in [0.15, 0.2) is 33.7 Å². The van der Waals surface area contributed by atoms with Crippen molar-refractivity contribution < 1.29 is 22.4 Å². The molecule has 2 aliphatic heterocycles. The van der Waals surface area contributed by atoms with Gasteiger partial charge < -0.3 is 14.2 Å². The number of anilines is 1. The van der Waals surface area contributed by atoms with Crippen LogP contribution in [-0.2, 0) is 11.3 Å². The van der Waals surface area contributed by atoms with E-state index < -0.39 is 17.7 Å². The molecule has 0 amide bonds. The van der Waals surface area contributed by atoms with Gasteiger partial charge in [-0.3, -0.25) is 4.79 Å². The number of hydrogen-bond donors (Lipinski definition) is 0. The monoisotopic (exact) mass is 476 g/mol. The number of halogens is 3.